The normalized spacial score (nSPS) is 12.8. The number of nitrogens with zero attached hydrogens (tertiary/aromatic N) is 1. The van der Waals surface area contributed by atoms with Crippen molar-refractivity contribution in [3.63, 3.8) is 0 Å². The lowest BCUT2D eigenvalue weighted by atomic mass is 9.99. The van der Waals surface area contributed by atoms with Gasteiger partial charge in [0.05, 0.1) is 0 Å². The predicted molar refractivity (Wildman–Crippen MR) is 129 cm³/mol. The van der Waals surface area contributed by atoms with Crippen LogP contribution in [0.5, 0.6) is 0 Å². The molecule has 4 rings (SSSR count). The molecule has 3 aromatic carbocycles. The van der Waals surface area contributed by atoms with Crippen LogP contribution in [0.15, 0.2) is 66.7 Å². The van der Waals surface area contributed by atoms with Gasteiger partial charge in [-0.1, -0.05) is 54.1 Å². The molecule has 0 atom stereocenters. The first-order valence-corrected chi connectivity index (χ1v) is 11.1. The third kappa shape index (κ3) is 5.29. The maximum Gasteiger partial charge on any atom is 0.313 e. The Balaban J connectivity index is 1.25. The van der Waals surface area contributed by atoms with E-state index in [2.05, 4.69) is 64.1 Å². The van der Waals surface area contributed by atoms with Crippen LogP contribution in [0.3, 0.4) is 0 Å². The SMILES string of the molecule is Cc1ccc(NC(=O)C(=O)NCCc2ccc(N3CCc4ccccc4C3)cc2)cc1Cl. The number of halogens is 1. The monoisotopic (exact) mass is 447 g/mol. The number of carbonyl (C=O) groups excluding carboxylic acids is 2. The Morgan fingerprint density at radius 1 is 0.969 bits per heavy atom. The van der Waals surface area contributed by atoms with Crippen molar-refractivity contribution in [2.24, 2.45) is 0 Å². The number of aryl methyl sites for hydroxylation is 1. The van der Waals surface area contributed by atoms with Gasteiger partial charge in [-0.25, -0.2) is 0 Å². The summed E-state index contributed by atoms with van der Waals surface area (Å²) in [6.45, 7) is 4.19. The van der Waals surface area contributed by atoms with E-state index in [4.69, 9.17) is 11.6 Å². The van der Waals surface area contributed by atoms with Crippen molar-refractivity contribution in [3.05, 3.63) is 94.0 Å². The Morgan fingerprint density at radius 3 is 2.47 bits per heavy atom. The second-order valence-corrected chi connectivity index (χ2v) is 8.44. The number of amides is 2. The van der Waals surface area contributed by atoms with Crippen LogP contribution in [-0.2, 0) is 29.0 Å². The number of hydrogen-bond donors (Lipinski definition) is 2. The Morgan fingerprint density at radius 2 is 1.72 bits per heavy atom. The van der Waals surface area contributed by atoms with Crippen LogP contribution in [0.4, 0.5) is 11.4 Å². The molecule has 1 aliphatic rings. The fourth-order valence-corrected chi connectivity index (χ4v) is 4.03. The van der Waals surface area contributed by atoms with E-state index in [0.29, 0.717) is 23.7 Å². The lowest BCUT2D eigenvalue weighted by Crippen LogP contribution is -2.36. The molecule has 0 bridgehead atoms. The molecular weight excluding hydrogens is 422 g/mol. The highest BCUT2D eigenvalue weighted by atomic mass is 35.5. The molecule has 0 fully saturated rings. The lowest BCUT2D eigenvalue weighted by Gasteiger charge is -2.30. The summed E-state index contributed by atoms with van der Waals surface area (Å²) in [4.78, 5) is 26.6. The van der Waals surface area contributed by atoms with Gasteiger partial charge in [0, 0.05) is 36.0 Å². The zero-order valence-electron chi connectivity index (χ0n) is 18.0. The number of carbonyl (C=O) groups is 2. The highest BCUT2D eigenvalue weighted by molar-refractivity contribution is 6.39. The molecule has 0 unspecified atom stereocenters. The summed E-state index contributed by atoms with van der Waals surface area (Å²) in [5.41, 5.74) is 6.53. The molecule has 0 spiro atoms. The minimum absolute atomic E-state index is 0.386. The third-order valence-corrected chi connectivity index (χ3v) is 6.17. The molecule has 5 nitrogen and oxygen atoms in total. The zero-order chi connectivity index (χ0) is 22.5. The van der Waals surface area contributed by atoms with Gasteiger partial charge in [-0.2, -0.15) is 0 Å². The van der Waals surface area contributed by atoms with Crippen LogP contribution in [-0.4, -0.2) is 24.9 Å². The second-order valence-electron chi connectivity index (χ2n) is 8.03. The molecule has 32 heavy (non-hydrogen) atoms. The van der Waals surface area contributed by atoms with Crippen LogP contribution in [0.2, 0.25) is 5.02 Å². The van der Waals surface area contributed by atoms with Crippen LogP contribution in [0.1, 0.15) is 22.3 Å². The number of nitrogens with one attached hydrogen (secondary N) is 2. The largest absolute Gasteiger partial charge is 0.367 e. The molecular formula is C26H26ClN3O2. The summed E-state index contributed by atoms with van der Waals surface area (Å²) in [5.74, 6) is -1.36. The van der Waals surface area contributed by atoms with Gasteiger partial charge in [-0.15, -0.1) is 0 Å². The number of fused-ring (bicyclic) bond motifs is 1. The first-order chi connectivity index (χ1) is 15.5. The van der Waals surface area contributed by atoms with E-state index in [9.17, 15) is 9.59 Å². The maximum atomic E-state index is 12.1. The summed E-state index contributed by atoms with van der Waals surface area (Å²) in [6.07, 6.45) is 1.71. The second kappa shape index (κ2) is 9.88. The molecule has 2 amide bonds. The molecule has 0 radical (unpaired) electrons. The summed E-state index contributed by atoms with van der Waals surface area (Å²) in [5, 5.41) is 5.78. The van der Waals surface area contributed by atoms with Crippen molar-refractivity contribution >= 4 is 34.8 Å². The quantitative estimate of drug-likeness (QED) is 0.566. The molecule has 0 saturated carbocycles. The van der Waals surface area contributed by atoms with E-state index in [0.717, 1.165) is 30.6 Å². The molecule has 0 saturated heterocycles. The van der Waals surface area contributed by atoms with Crippen molar-refractivity contribution in [1.82, 2.24) is 5.32 Å². The molecule has 164 valence electrons. The van der Waals surface area contributed by atoms with Crippen molar-refractivity contribution in [1.29, 1.82) is 0 Å². The van der Waals surface area contributed by atoms with Crippen molar-refractivity contribution in [2.75, 3.05) is 23.3 Å². The number of benzene rings is 3. The summed E-state index contributed by atoms with van der Waals surface area (Å²) in [7, 11) is 0. The average Bonchev–Trinajstić information content (AvgIpc) is 2.81. The Hall–Kier alpha value is -3.31. The van der Waals surface area contributed by atoms with Crippen LogP contribution < -0.4 is 15.5 Å². The molecule has 2 N–H and O–H groups in total. The molecule has 3 aromatic rings. The standard InChI is InChI=1S/C26H26ClN3O2/c1-18-6-9-22(16-24(18)27)29-26(32)25(31)28-14-12-19-7-10-23(11-8-19)30-15-13-20-4-2-3-5-21(20)17-30/h2-11,16H,12-15,17H2,1H3,(H,28,31)(H,29,32). The zero-order valence-corrected chi connectivity index (χ0v) is 18.8. The number of rotatable bonds is 5. The predicted octanol–water partition coefficient (Wildman–Crippen LogP) is 4.51. The molecule has 6 heteroatoms. The van der Waals surface area contributed by atoms with Gasteiger partial charge in [0.2, 0.25) is 0 Å². The third-order valence-electron chi connectivity index (χ3n) is 5.77. The molecule has 0 aromatic heterocycles. The lowest BCUT2D eigenvalue weighted by molar-refractivity contribution is -0.136. The van der Waals surface area contributed by atoms with E-state index in [1.54, 1.807) is 18.2 Å². The van der Waals surface area contributed by atoms with E-state index in [1.807, 2.05) is 6.92 Å². The van der Waals surface area contributed by atoms with Gasteiger partial charge in [0.15, 0.2) is 0 Å². The fourth-order valence-electron chi connectivity index (χ4n) is 3.85. The Bertz CT molecular complexity index is 1130. The Labute approximate surface area is 193 Å². The van der Waals surface area contributed by atoms with Gasteiger partial charge < -0.3 is 15.5 Å². The minimum Gasteiger partial charge on any atom is -0.367 e. The van der Waals surface area contributed by atoms with E-state index >= 15 is 0 Å². The van der Waals surface area contributed by atoms with Gasteiger partial charge in [-0.3, -0.25) is 9.59 Å². The summed E-state index contributed by atoms with van der Waals surface area (Å²) >= 11 is 6.06. The van der Waals surface area contributed by atoms with E-state index in [-0.39, 0.29) is 0 Å². The van der Waals surface area contributed by atoms with Gasteiger partial charge >= 0.3 is 11.8 Å². The summed E-state index contributed by atoms with van der Waals surface area (Å²) in [6, 6.07) is 22.1. The van der Waals surface area contributed by atoms with Crippen molar-refractivity contribution in [3.8, 4) is 0 Å². The highest BCUT2D eigenvalue weighted by Crippen LogP contribution is 2.24. The number of hydrogen-bond acceptors (Lipinski definition) is 3. The summed E-state index contributed by atoms with van der Waals surface area (Å²) < 4.78 is 0. The van der Waals surface area contributed by atoms with E-state index < -0.39 is 11.8 Å². The fraction of sp³-hybridized carbons (Fsp3) is 0.231. The highest BCUT2D eigenvalue weighted by Gasteiger charge is 2.16. The van der Waals surface area contributed by atoms with Gasteiger partial charge in [0.25, 0.3) is 0 Å². The topological polar surface area (TPSA) is 61.4 Å². The van der Waals surface area contributed by atoms with Crippen LogP contribution in [0, 0.1) is 6.92 Å². The van der Waals surface area contributed by atoms with E-state index in [1.165, 1.54) is 16.8 Å². The molecule has 1 heterocycles. The van der Waals surface area contributed by atoms with Crippen molar-refractivity contribution in [2.45, 2.75) is 26.3 Å². The smallest absolute Gasteiger partial charge is 0.313 e. The van der Waals surface area contributed by atoms with Crippen molar-refractivity contribution < 1.29 is 9.59 Å². The van der Waals surface area contributed by atoms with Gasteiger partial charge in [0.1, 0.15) is 0 Å². The molecule has 0 aliphatic carbocycles. The Kier molecular flexibility index (Phi) is 6.76. The minimum atomic E-state index is -0.703. The average molecular weight is 448 g/mol. The number of anilines is 2. The maximum absolute atomic E-state index is 12.1. The van der Waals surface area contributed by atoms with Gasteiger partial charge in [-0.05, 0) is 66.3 Å². The first kappa shape index (κ1) is 21.9. The van der Waals surface area contributed by atoms with Crippen LogP contribution in [0.25, 0.3) is 0 Å². The van der Waals surface area contributed by atoms with Crippen LogP contribution >= 0.6 is 11.6 Å². The molecule has 1 aliphatic heterocycles. The first-order valence-electron chi connectivity index (χ1n) is 10.8.